The molecule has 0 amide bonds. The van der Waals surface area contributed by atoms with Gasteiger partial charge in [0.25, 0.3) is 0 Å². The maximum absolute atomic E-state index is 13.9. The summed E-state index contributed by atoms with van der Waals surface area (Å²) in [6, 6.07) is 5.51. The van der Waals surface area contributed by atoms with Gasteiger partial charge in [0.2, 0.25) is 0 Å². The summed E-state index contributed by atoms with van der Waals surface area (Å²) >= 11 is 0. The van der Waals surface area contributed by atoms with Gasteiger partial charge >= 0.3 is 5.97 Å². The molecular formula is C31H39NO7. The van der Waals surface area contributed by atoms with Crippen molar-refractivity contribution in [1.29, 1.82) is 0 Å². The first-order valence-electron chi connectivity index (χ1n) is 13.8. The van der Waals surface area contributed by atoms with E-state index in [1.807, 2.05) is 31.2 Å². The smallest absolute Gasteiger partial charge is 0.309 e. The van der Waals surface area contributed by atoms with E-state index in [4.69, 9.17) is 13.9 Å². The first-order chi connectivity index (χ1) is 18.6. The summed E-state index contributed by atoms with van der Waals surface area (Å²) in [5.41, 5.74) is 2.03. The number of ketones is 1. The van der Waals surface area contributed by atoms with Crippen LogP contribution in [0, 0.1) is 30.1 Å². The summed E-state index contributed by atoms with van der Waals surface area (Å²) in [7, 11) is 0. The van der Waals surface area contributed by atoms with Gasteiger partial charge in [-0.3, -0.25) is 9.59 Å². The Morgan fingerprint density at radius 1 is 1.18 bits per heavy atom. The van der Waals surface area contributed by atoms with Gasteiger partial charge in [-0.05, 0) is 57.7 Å². The molecule has 0 bridgehead atoms. The van der Waals surface area contributed by atoms with Gasteiger partial charge in [0.15, 0.2) is 11.5 Å². The number of aryl methyl sites for hydroxylation is 1. The number of ether oxygens (including phenoxy) is 2. The number of carbonyl (C=O) groups excluding carboxylic acids is 2. The van der Waals surface area contributed by atoms with Crippen molar-refractivity contribution >= 4 is 22.9 Å². The Morgan fingerprint density at radius 3 is 2.64 bits per heavy atom. The van der Waals surface area contributed by atoms with Crippen LogP contribution in [0.2, 0.25) is 0 Å². The van der Waals surface area contributed by atoms with E-state index in [0.717, 1.165) is 17.6 Å². The van der Waals surface area contributed by atoms with Crippen molar-refractivity contribution in [2.75, 3.05) is 6.61 Å². The zero-order valence-electron chi connectivity index (χ0n) is 23.2. The molecule has 2 aliphatic rings. The minimum absolute atomic E-state index is 0.161. The quantitative estimate of drug-likeness (QED) is 0.320. The van der Waals surface area contributed by atoms with E-state index in [9.17, 15) is 19.8 Å². The van der Waals surface area contributed by atoms with Gasteiger partial charge < -0.3 is 24.1 Å². The zero-order valence-corrected chi connectivity index (χ0v) is 23.2. The Balaban J connectivity index is 1.65. The summed E-state index contributed by atoms with van der Waals surface area (Å²) in [5, 5.41) is 22.4. The fraction of sp³-hybridized carbons (Fsp3) is 0.581. The number of rotatable bonds is 2. The molecule has 5 atom stereocenters. The molecule has 0 saturated heterocycles. The molecule has 1 aromatic heterocycles. The number of aliphatic hydroxyl groups excluding tert-OH is 2. The second-order valence-corrected chi connectivity index (χ2v) is 10.9. The average molecular weight is 538 g/mol. The van der Waals surface area contributed by atoms with Crippen molar-refractivity contribution in [2.24, 2.45) is 11.3 Å². The normalized spacial score (nSPS) is 30.1. The van der Waals surface area contributed by atoms with Crippen LogP contribution in [0.15, 0.2) is 34.3 Å². The van der Waals surface area contributed by atoms with Gasteiger partial charge in [-0.15, -0.1) is 11.8 Å². The van der Waals surface area contributed by atoms with Crippen molar-refractivity contribution in [3.63, 3.8) is 0 Å². The summed E-state index contributed by atoms with van der Waals surface area (Å²) in [4.78, 5) is 31.4. The minimum atomic E-state index is -1.22. The fourth-order valence-electron chi connectivity index (χ4n) is 5.57. The van der Waals surface area contributed by atoms with Gasteiger partial charge in [-0.2, -0.15) is 0 Å². The molecule has 0 unspecified atom stereocenters. The Morgan fingerprint density at radius 2 is 1.95 bits per heavy atom. The van der Waals surface area contributed by atoms with Crippen LogP contribution >= 0.6 is 0 Å². The molecule has 2 heterocycles. The highest BCUT2D eigenvalue weighted by atomic mass is 16.5. The van der Waals surface area contributed by atoms with Crippen LogP contribution in [-0.4, -0.2) is 51.9 Å². The van der Waals surface area contributed by atoms with E-state index in [-0.39, 0.29) is 18.6 Å². The van der Waals surface area contributed by atoms with Crippen molar-refractivity contribution in [3.8, 4) is 11.8 Å². The van der Waals surface area contributed by atoms with E-state index in [1.54, 1.807) is 20.8 Å². The molecule has 2 aromatic rings. The lowest BCUT2D eigenvalue weighted by atomic mass is 9.58. The second kappa shape index (κ2) is 12.5. The number of fused-ring (bicyclic) bond motifs is 1. The van der Waals surface area contributed by atoms with Crippen molar-refractivity contribution in [3.05, 3.63) is 41.3 Å². The van der Waals surface area contributed by atoms with Gasteiger partial charge in [-0.1, -0.05) is 24.1 Å². The van der Waals surface area contributed by atoms with E-state index < -0.39 is 41.7 Å². The summed E-state index contributed by atoms with van der Waals surface area (Å²) < 4.78 is 17.5. The Bertz CT molecular complexity index is 1280. The van der Waals surface area contributed by atoms with Crippen LogP contribution in [0.3, 0.4) is 0 Å². The molecule has 2 N–H and O–H groups in total. The highest BCUT2D eigenvalue weighted by molar-refractivity contribution is 5.90. The molecule has 39 heavy (non-hydrogen) atoms. The molecule has 0 radical (unpaired) electrons. The van der Waals surface area contributed by atoms with E-state index in [1.165, 1.54) is 0 Å². The molecule has 1 aliphatic carbocycles. The standard InChI is InChI=1S/C31H39NO7/c1-5-6-8-23-29(35)20(3)37-16-13-19(2)9-11-25(22-10-12-26-24(17-22)32-21(4)38-26)39-28(34)18-27(33)31(30(23)36)14-7-15-31/h9-10,12,17,20,23,25,27,29,33,35H,7-8,11,13-16,18H2,1-4H3/b19-9-/t20-,23-,25+,27+,29-/m1/s1. The molecule has 1 fully saturated rings. The maximum atomic E-state index is 13.9. The van der Waals surface area contributed by atoms with E-state index in [2.05, 4.69) is 16.8 Å². The van der Waals surface area contributed by atoms with Crippen molar-refractivity contribution < 1.29 is 33.7 Å². The molecular weight excluding hydrogens is 498 g/mol. The lowest BCUT2D eigenvalue weighted by molar-refractivity contribution is -0.164. The lowest BCUT2D eigenvalue weighted by Gasteiger charge is -2.46. The molecule has 210 valence electrons. The first kappa shape index (κ1) is 29.0. The number of hydrogen-bond donors (Lipinski definition) is 2. The predicted octanol–water partition coefficient (Wildman–Crippen LogP) is 4.75. The van der Waals surface area contributed by atoms with Gasteiger partial charge in [-0.25, -0.2) is 4.98 Å². The maximum Gasteiger partial charge on any atom is 0.309 e. The number of hydrogen-bond acceptors (Lipinski definition) is 8. The SMILES string of the molecule is CC#CC[C@H]1C(=O)C2(CCC2)[C@@H](O)CC(=O)O[C@H](c2ccc3oc(C)nc3c2)C/C=C(/C)CCO[C@H](C)[C@H]1O. The molecule has 1 spiro atoms. The van der Waals surface area contributed by atoms with Crippen LogP contribution in [-0.2, 0) is 19.1 Å². The molecule has 1 aromatic carbocycles. The summed E-state index contributed by atoms with van der Waals surface area (Å²) in [5.74, 6) is 4.61. The first-order valence-corrected chi connectivity index (χ1v) is 13.8. The number of cyclic esters (lactones) is 1. The molecule has 1 aliphatic heterocycles. The van der Waals surface area contributed by atoms with Gasteiger partial charge in [0.05, 0.1) is 42.7 Å². The van der Waals surface area contributed by atoms with Gasteiger partial charge in [0, 0.05) is 19.8 Å². The number of nitrogens with zero attached hydrogens (tertiary/aromatic N) is 1. The topological polar surface area (TPSA) is 119 Å². The fourth-order valence-corrected chi connectivity index (χ4v) is 5.57. The van der Waals surface area contributed by atoms with E-state index >= 15 is 0 Å². The van der Waals surface area contributed by atoms with Crippen LogP contribution in [0.4, 0.5) is 0 Å². The van der Waals surface area contributed by atoms with Crippen LogP contribution in [0.25, 0.3) is 11.1 Å². The van der Waals surface area contributed by atoms with Crippen LogP contribution in [0.1, 0.15) is 83.3 Å². The Hall–Kier alpha value is -2.99. The Labute approximate surface area is 229 Å². The number of aromatic nitrogens is 1. The van der Waals surface area contributed by atoms with Crippen molar-refractivity contribution in [1.82, 2.24) is 4.98 Å². The van der Waals surface area contributed by atoms with E-state index in [0.29, 0.717) is 49.3 Å². The third-order valence-electron chi connectivity index (χ3n) is 8.18. The Kier molecular flexibility index (Phi) is 9.27. The number of esters is 1. The summed E-state index contributed by atoms with van der Waals surface area (Å²) in [6.45, 7) is 7.56. The largest absolute Gasteiger partial charge is 0.457 e. The van der Waals surface area contributed by atoms with Gasteiger partial charge in [0.1, 0.15) is 17.4 Å². The third kappa shape index (κ3) is 6.43. The number of oxazole rings is 1. The second-order valence-electron chi connectivity index (χ2n) is 10.9. The highest BCUT2D eigenvalue weighted by Gasteiger charge is 2.53. The lowest BCUT2D eigenvalue weighted by Crippen LogP contribution is -2.54. The average Bonchev–Trinajstić information content (AvgIpc) is 3.24. The predicted molar refractivity (Wildman–Crippen MR) is 145 cm³/mol. The highest BCUT2D eigenvalue weighted by Crippen LogP contribution is 2.48. The van der Waals surface area contributed by atoms with Crippen LogP contribution in [0.5, 0.6) is 0 Å². The monoisotopic (exact) mass is 537 g/mol. The van der Waals surface area contributed by atoms with Crippen LogP contribution < -0.4 is 0 Å². The molecule has 4 rings (SSSR count). The zero-order chi connectivity index (χ0) is 28.2. The minimum Gasteiger partial charge on any atom is -0.457 e. The number of benzene rings is 1. The summed E-state index contributed by atoms with van der Waals surface area (Å²) in [6.07, 6.45) is 1.07. The number of carbonyl (C=O) groups is 2. The third-order valence-corrected chi connectivity index (χ3v) is 8.18. The molecule has 8 heteroatoms. The number of aliphatic hydroxyl groups is 2. The molecule has 8 nitrogen and oxygen atoms in total. The molecule has 1 saturated carbocycles. The number of Topliss-reactive ketones (excluding diaryl/α,β-unsaturated/α-hetero) is 1. The van der Waals surface area contributed by atoms with Crippen molar-refractivity contribution in [2.45, 2.75) is 97.1 Å².